The summed E-state index contributed by atoms with van der Waals surface area (Å²) in [4.78, 5) is 15.6. The third-order valence-electron chi connectivity index (χ3n) is 3.57. The van der Waals surface area contributed by atoms with Crippen LogP contribution in [0.3, 0.4) is 0 Å². The molecule has 1 aromatic heterocycles. The topological polar surface area (TPSA) is 65.2 Å². The first-order valence-electron chi connectivity index (χ1n) is 6.87. The molecule has 0 amide bonds. The van der Waals surface area contributed by atoms with Gasteiger partial charge in [0.05, 0.1) is 13.5 Å². The van der Waals surface area contributed by atoms with E-state index in [2.05, 4.69) is 35.7 Å². The fourth-order valence-corrected chi connectivity index (χ4v) is 2.45. The Morgan fingerprint density at radius 1 is 1.27 bits per heavy atom. The highest BCUT2D eigenvalue weighted by Crippen LogP contribution is 2.28. The van der Waals surface area contributed by atoms with E-state index in [-0.39, 0.29) is 24.8 Å². The molecule has 22 heavy (non-hydrogen) atoms. The summed E-state index contributed by atoms with van der Waals surface area (Å²) >= 11 is 0. The number of aryl methyl sites for hydroxylation is 2. The Kier molecular flexibility index (Phi) is 6.53. The second-order valence-electron chi connectivity index (χ2n) is 5.16. The third kappa shape index (κ3) is 4.06. The number of nitrogens with zero attached hydrogens (tertiary/aromatic N) is 1. The number of methoxy groups -OCH3 is 1. The first kappa shape index (κ1) is 18.1. The molecule has 0 aliphatic carbocycles. The zero-order valence-corrected chi connectivity index (χ0v) is 13.8. The van der Waals surface area contributed by atoms with Gasteiger partial charge in [-0.1, -0.05) is 18.2 Å². The van der Waals surface area contributed by atoms with Crippen LogP contribution in [-0.4, -0.2) is 18.1 Å². The Bertz CT molecular complexity index is 639. The minimum Gasteiger partial charge on any atom is -0.469 e. The van der Waals surface area contributed by atoms with Gasteiger partial charge in [0.25, 0.3) is 0 Å². The molecule has 0 aliphatic heterocycles. The molecule has 2 rings (SSSR count). The van der Waals surface area contributed by atoms with E-state index in [0.29, 0.717) is 0 Å². The van der Waals surface area contributed by atoms with Gasteiger partial charge in [-0.15, -0.1) is 12.4 Å². The van der Waals surface area contributed by atoms with Crippen LogP contribution in [0, 0.1) is 13.8 Å². The van der Waals surface area contributed by atoms with Crippen molar-refractivity contribution in [1.82, 2.24) is 4.98 Å². The molecule has 2 aromatic rings. The smallest absolute Gasteiger partial charge is 0.307 e. The first-order chi connectivity index (χ1) is 10.0. The van der Waals surface area contributed by atoms with E-state index in [4.69, 9.17) is 5.73 Å². The Labute approximate surface area is 137 Å². The molecular formula is C17H21ClN2O2. The Morgan fingerprint density at radius 3 is 2.50 bits per heavy atom. The monoisotopic (exact) mass is 320 g/mol. The van der Waals surface area contributed by atoms with Crippen LogP contribution in [0.4, 0.5) is 0 Å². The van der Waals surface area contributed by atoms with E-state index in [1.54, 1.807) is 6.20 Å². The highest BCUT2D eigenvalue weighted by atomic mass is 35.5. The van der Waals surface area contributed by atoms with Crippen LogP contribution in [0.1, 0.15) is 29.2 Å². The molecule has 2 N–H and O–H groups in total. The van der Waals surface area contributed by atoms with Gasteiger partial charge in [0, 0.05) is 24.0 Å². The fourth-order valence-electron chi connectivity index (χ4n) is 2.45. The number of halogens is 1. The standard InChI is InChI=1S/C17H20N2O2.ClH/c1-11-5-4-6-12(2)17(11)14-7-13(9-19-10-14)15(18)8-16(20)21-3;/h4-7,9-10,15H,8,18H2,1-3H3;1H/t15-;/m0./s1. The number of aromatic nitrogens is 1. The van der Waals surface area contributed by atoms with E-state index in [9.17, 15) is 4.79 Å². The van der Waals surface area contributed by atoms with E-state index in [1.807, 2.05) is 18.3 Å². The molecule has 0 bridgehead atoms. The van der Waals surface area contributed by atoms with Gasteiger partial charge in [-0.3, -0.25) is 9.78 Å². The maximum Gasteiger partial charge on any atom is 0.307 e. The number of pyridine rings is 1. The molecule has 1 heterocycles. The quantitative estimate of drug-likeness (QED) is 0.877. The largest absolute Gasteiger partial charge is 0.469 e. The van der Waals surface area contributed by atoms with Crippen molar-refractivity contribution in [2.45, 2.75) is 26.3 Å². The van der Waals surface area contributed by atoms with Crippen molar-refractivity contribution in [2.75, 3.05) is 7.11 Å². The molecule has 5 heteroatoms. The van der Waals surface area contributed by atoms with Crippen LogP contribution in [0.2, 0.25) is 0 Å². The normalized spacial score (nSPS) is 11.5. The van der Waals surface area contributed by atoms with Crippen molar-refractivity contribution < 1.29 is 9.53 Å². The number of benzene rings is 1. The molecule has 0 spiro atoms. The predicted octanol–water partition coefficient (Wildman–Crippen LogP) is 3.35. The van der Waals surface area contributed by atoms with Gasteiger partial charge in [-0.05, 0) is 42.2 Å². The molecule has 0 saturated heterocycles. The molecule has 1 aromatic carbocycles. The number of carbonyl (C=O) groups is 1. The van der Waals surface area contributed by atoms with Crippen molar-refractivity contribution in [1.29, 1.82) is 0 Å². The molecule has 0 fully saturated rings. The van der Waals surface area contributed by atoms with Gasteiger partial charge >= 0.3 is 5.97 Å². The highest BCUT2D eigenvalue weighted by molar-refractivity contribution is 5.85. The van der Waals surface area contributed by atoms with Gasteiger partial charge < -0.3 is 10.5 Å². The van der Waals surface area contributed by atoms with Gasteiger partial charge in [0.1, 0.15) is 0 Å². The third-order valence-corrected chi connectivity index (χ3v) is 3.57. The summed E-state index contributed by atoms with van der Waals surface area (Å²) in [6, 6.07) is 7.77. The van der Waals surface area contributed by atoms with Crippen LogP contribution in [0.25, 0.3) is 11.1 Å². The zero-order valence-electron chi connectivity index (χ0n) is 13.0. The van der Waals surface area contributed by atoms with Gasteiger partial charge in [0.2, 0.25) is 0 Å². The minimum absolute atomic E-state index is 0. The summed E-state index contributed by atoms with van der Waals surface area (Å²) in [5.41, 5.74) is 11.4. The number of nitrogens with two attached hydrogens (primary N) is 1. The Balaban J connectivity index is 0.00000242. The first-order valence-corrected chi connectivity index (χ1v) is 6.87. The summed E-state index contributed by atoms with van der Waals surface area (Å²) in [6.45, 7) is 4.15. The van der Waals surface area contributed by atoms with Crippen molar-refractivity contribution >= 4 is 18.4 Å². The Morgan fingerprint density at radius 2 is 1.91 bits per heavy atom. The van der Waals surface area contributed by atoms with Gasteiger partial charge in [-0.25, -0.2) is 0 Å². The van der Waals surface area contributed by atoms with Crippen molar-refractivity contribution in [3.63, 3.8) is 0 Å². The second-order valence-corrected chi connectivity index (χ2v) is 5.16. The van der Waals surface area contributed by atoms with E-state index in [1.165, 1.54) is 18.2 Å². The van der Waals surface area contributed by atoms with Crippen LogP contribution >= 0.6 is 12.4 Å². The molecule has 118 valence electrons. The zero-order chi connectivity index (χ0) is 15.4. The SMILES string of the molecule is COC(=O)C[C@H](N)c1cncc(-c2c(C)cccc2C)c1.Cl. The van der Waals surface area contributed by atoms with E-state index in [0.717, 1.165) is 16.7 Å². The minimum atomic E-state index is -0.408. The lowest BCUT2D eigenvalue weighted by molar-refractivity contribution is -0.141. The van der Waals surface area contributed by atoms with Crippen molar-refractivity contribution in [2.24, 2.45) is 5.73 Å². The van der Waals surface area contributed by atoms with Crippen LogP contribution < -0.4 is 5.73 Å². The lowest BCUT2D eigenvalue weighted by atomic mass is 9.95. The number of esters is 1. The fraction of sp³-hybridized carbons (Fsp3) is 0.294. The molecular weight excluding hydrogens is 300 g/mol. The second kappa shape index (κ2) is 7.92. The van der Waals surface area contributed by atoms with Crippen molar-refractivity contribution in [3.05, 3.63) is 53.3 Å². The maximum absolute atomic E-state index is 11.3. The summed E-state index contributed by atoms with van der Waals surface area (Å²) in [7, 11) is 1.36. The van der Waals surface area contributed by atoms with Gasteiger partial charge in [-0.2, -0.15) is 0 Å². The summed E-state index contributed by atoms with van der Waals surface area (Å²) in [5.74, 6) is -0.319. The lowest BCUT2D eigenvalue weighted by Gasteiger charge is -2.14. The number of ether oxygens (including phenoxy) is 1. The maximum atomic E-state index is 11.3. The van der Waals surface area contributed by atoms with Crippen LogP contribution in [0.15, 0.2) is 36.7 Å². The summed E-state index contributed by atoms with van der Waals surface area (Å²) < 4.78 is 4.66. The average Bonchev–Trinajstić information content (AvgIpc) is 2.47. The molecule has 0 saturated carbocycles. The van der Waals surface area contributed by atoms with Gasteiger partial charge in [0.15, 0.2) is 0 Å². The lowest BCUT2D eigenvalue weighted by Crippen LogP contribution is -2.16. The van der Waals surface area contributed by atoms with Crippen molar-refractivity contribution in [3.8, 4) is 11.1 Å². The number of carbonyl (C=O) groups excluding carboxylic acids is 1. The molecule has 0 aliphatic rings. The molecule has 1 atom stereocenters. The summed E-state index contributed by atoms with van der Waals surface area (Å²) in [6.07, 6.45) is 3.67. The number of hydrogen-bond donors (Lipinski definition) is 1. The van der Waals surface area contributed by atoms with Crippen LogP contribution in [0.5, 0.6) is 0 Å². The average molecular weight is 321 g/mol. The van der Waals surface area contributed by atoms with E-state index >= 15 is 0 Å². The molecule has 0 radical (unpaired) electrons. The highest BCUT2D eigenvalue weighted by Gasteiger charge is 2.14. The molecule has 4 nitrogen and oxygen atoms in total. The Hall–Kier alpha value is -1.91. The van der Waals surface area contributed by atoms with E-state index < -0.39 is 6.04 Å². The predicted molar refractivity (Wildman–Crippen MR) is 90.0 cm³/mol. The summed E-state index contributed by atoms with van der Waals surface area (Å²) in [5, 5.41) is 0. The number of hydrogen-bond acceptors (Lipinski definition) is 4. The number of rotatable bonds is 4. The molecule has 0 unspecified atom stereocenters. The van der Waals surface area contributed by atoms with Crippen LogP contribution in [-0.2, 0) is 9.53 Å².